The minimum absolute atomic E-state index is 0.00191. The zero-order valence-corrected chi connectivity index (χ0v) is 21.7. The van der Waals surface area contributed by atoms with Crippen LogP contribution in [0.5, 0.6) is 0 Å². The molecule has 0 aromatic heterocycles. The first-order valence-electron chi connectivity index (χ1n) is 13.5. The van der Waals surface area contributed by atoms with Gasteiger partial charge in [0.2, 0.25) is 0 Å². The summed E-state index contributed by atoms with van der Waals surface area (Å²) >= 11 is 0. The molecule has 4 aliphatic carbocycles. The summed E-state index contributed by atoms with van der Waals surface area (Å²) in [5, 5.41) is 10.3. The molecule has 3 unspecified atom stereocenters. The molecule has 5 rings (SSSR count). The number of aliphatic hydroxyl groups excluding tert-OH is 1. The Balaban J connectivity index is 1.57. The Morgan fingerprint density at radius 1 is 1.03 bits per heavy atom. The van der Waals surface area contributed by atoms with Crippen LogP contribution >= 0.6 is 0 Å². The lowest BCUT2D eigenvalue weighted by atomic mass is 9.43. The van der Waals surface area contributed by atoms with Gasteiger partial charge in [0.25, 0.3) is 0 Å². The highest BCUT2D eigenvalue weighted by atomic mass is 16.5. The summed E-state index contributed by atoms with van der Waals surface area (Å²) in [7, 11) is 0. The molecule has 0 aromatic carbocycles. The largest absolute Gasteiger partial charge is 0.395 e. The third kappa shape index (κ3) is 2.66. The van der Waals surface area contributed by atoms with Crippen molar-refractivity contribution in [1.29, 1.82) is 0 Å². The second kappa shape index (κ2) is 7.26. The van der Waals surface area contributed by atoms with Crippen LogP contribution in [0.2, 0.25) is 0 Å². The number of hydrogen-bond acceptors (Lipinski definition) is 4. The van der Waals surface area contributed by atoms with Crippen molar-refractivity contribution in [2.24, 2.45) is 33.5 Å². The van der Waals surface area contributed by atoms with Gasteiger partial charge in [-0.2, -0.15) is 0 Å². The van der Waals surface area contributed by atoms with E-state index in [-0.39, 0.29) is 52.0 Å². The summed E-state index contributed by atoms with van der Waals surface area (Å²) in [6.07, 6.45) is 9.02. The number of ketones is 2. The third-order valence-electron chi connectivity index (χ3n) is 12.2. The minimum Gasteiger partial charge on any atom is -0.395 e. The maximum atomic E-state index is 12.9. The smallest absolute Gasteiger partial charge is 0.161 e. The molecule has 184 valence electrons. The van der Waals surface area contributed by atoms with Crippen molar-refractivity contribution < 1.29 is 19.4 Å². The molecule has 1 N–H and O–H groups in total. The minimum atomic E-state index is -0.610. The Morgan fingerprint density at radius 3 is 2.42 bits per heavy atom. The molecule has 0 bridgehead atoms. The highest BCUT2D eigenvalue weighted by molar-refractivity contribution is 5.86. The van der Waals surface area contributed by atoms with E-state index >= 15 is 0 Å². The van der Waals surface area contributed by atoms with Gasteiger partial charge < -0.3 is 9.84 Å². The highest BCUT2D eigenvalue weighted by Crippen LogP contribution is 2.75. The number of aliphatic hydroxyl groups is 1. The average Bonchev–Trinajstić information content (AvgIpc) is 3.26. The van der Waals surface area contributed by atoms with Crippen LogP contribution in [-0.4, -0.2) is 35.0 Å². The SMILES string of the molecule is CCC(=O)C1CC(C)[C@]2(CC[C@@]3(C)C4=C(CC[C@@]32C)[C@@]2(C)CCC(=O)[C@](C)(CO)C2CC4)O1. The Bertz CT molecular complexity index is 921. The maximum Gasteiger partial charge on any atom is 0.161 e. The Morgan fingerprint density at radius 2 is 1.76 bits per heavy atom. The van der Waals surface area contributed by atoms with Crippen LogP contribution in [0, 0.1) is 33.5 Å². The van der Waals surface area contributed by atoms with Gasteiger partial charge in [-0.15, -0.1) is 0 Å². The van der Waals surface area contributed by atoms with E-state index in [4.69, 9.17) is 4.74 Å². The molecule has 1 heterocycles. The summed E-state index contributed by atoms with van der Waals surface area (Å²) < 4.78 is 6.84. The Hall–Kier alpha value is -1.00. The van der Waals surface area contributed by atoms with Gasteiger partial charge in [0.1, 0.15) is 11.9 Å². The van der Waals surface area contributed by atoms with Crippen LogP contribution in [0.4, 0.5) is 0 Å². The zero-order chi connectivity index (χ0) is 24.0. The fraction of sp³-hybridized carbons (Fsp3) is 0.862. The molecule has 5 aliphatic rings. The van der Waals surface area contributed by atoms with E-state index in [1.54, 1.807) is 11.1 Å². The predicted molar refractivity (Wildman–Crippen MR) is 129 cm³/mol. The molecule has 1 saturated heterocycles. The second-order valence-corrected chi connectivity index (χ2v) is 13.1. The molecule has 1 aliphatic heterocycles. The molecule has 4 heteroatoms. The molecule has 4 nitrogen and oxygen atoms in total. The average molecular weight is 457 g/mol. The predicted octanol–water partition coefficient (Wildman–Crippen LogP) is 5.80. The molecule has 3 fully saturated rings. The lowest BCUT2D eigenvalue weighted by Gasteiger charge is -2.62. The first kappa shape index (κ1) is 23.7. The normalized spacial score (nSPS) is 51.5. The molecule has 2 saturated carbocycles. The van der Waals surface area contributed by atoms with Gasteiger partial charge >= 0.3 is 0 Å². The fourth-order valence-electron chi connectivity index (χ4n) is 9.89. The summed E-state index contributed by atoms with van der Waals surface area (Å²) in [4.78, 5) is 25.5. The summed E-state index contributed by atoms with van der Waals surface area (Å²) in [6.45, 7) is 13.6. The number of rotatable bonds is 3. The van der Waals surface area contributed by atoms with Crippen LogP contribution in [0.1, 0.15) is 106 Å². The molecule has 33 heavy (non-hydrogen) atoms. The summed E-state index contributed by atoms with van der Waals surface area (Å²) in [6, 6.07) is 0. The number of hydrogen-bond donors (Lipinski definition) is 1. The second-order valence-electron chi connectivity index (χ2n) is 13.1. The molecule has 1 spiro atoms. The van der Waals surface area contributed by atoms with Crippen LogP contribution in [-0.2, 0) is 14.3 Å². The Labute approximate surface area is 199 Å². The number of Topliss-reactive ketones (excluding diaryl/α,β-unsaturated/α-hetero) is 2. The third-order valence-corrected chi connectivity index (χ3v) is 12.2. The van der Waals surface area contributed by atoms with Crippen molar-refractivity contribution in [2.45, 2.75) is 117 Å². The van der Waals surface area contributed by atoms with Crippen molar-refractivity contribution >= 4 is 11.6 Å². The monoisotopic (exact) mass is 456 g/mol. The van der Waals surface area contributed by atoms with Gasteiger partial charge in [-0.3, -0.25) is 9.59 Å². The maximum absolute atomic E-state index is 12.9. The molecule has 0 radical (unpaired) electrons. The molecule has 0 amide bonds. The standard InChI is InChI=1S/C29H44O4/c1-7-21(31)22-16-18(2)29(33-22)15-14-27(5)20-8-9-23-25(3,19(20)10-13-28(27,29)6)12-11-24(32)26(23,4)17-30/h18,22-23,30H,7-17H2,1-6H3/t18?,22?,23?,25-,26-,27+,28+,29+/m1/s1. The van der Waals surface area contributed by atoms with Gasteiger partial charge in [0.15, 0.2) is 5.78 Å². The van der Waals surface area contributed by atoms with E-state index in [0.717, 1.165) is 51.4 Å². The number of carbonyl (C=O) groups is 2. The highest BCUT2D eigenvalue weighted by Gasteiger charge is 2.71. The molecule has 8 atom stereocenters. The summed E-state index contributed by atoms with van der Waals surface area (Å²) in [5.74, 6) is 1.13. The van der Waals surface area contributed by atoms with Crippen molar-refractivity contribution in [1.82, 2.24) is 0 Å². The fourth-order valence-corrected chi connectivity index (χ4v) is 9.89. The van der Waals surface area contributed by atoms with Crippen molar-refractivity contribution in [3.05, 3.63) is 11.1 Å². The number of carbonyl (C=O) groups excluding carboxylic acids is 2. The number of allylic oxidation sites excluding steroid dienone is 2. The van der Waals surface area contributed by atoms with Crippen LogP contribution in [0.3, 0.4) is 0 Å². The summed E-state index contributed by atoms with van der Waals surface area (Å²) in [5.41, 5.74) is 2.52. The van der Waals surface area contributed by atoms with Crippen LogP contribution < -0.4 is 0 Å². The van der Waals surface area contributed by atoms with E-state index in [0.29, 0.717) is 18.8 Å². The van der Waals surface area contributed by atoms with Crippen molar-refractivity contribution in [3.8, 4) is 0 Å². The quantitative estimate of drug-likeness (QED) is 0.545. The van der Waals surface area contributed by atoms with Gasteiger partial charge in [0.05, 0.1) is 17.6 Å². The number of ether oxygens (including phenoxy) is 1. The van der Waals surface area contributed by atoms with E-state index in [2.05, 4.69) is 27.7 Å². The van der Waals surface area contributed by atoms with Crippen molar-refractivity contribution in [2.75, 3.05) is 6.61 Å². The molecular weight excluding hydrogens is 412 g/mol. The van der Waals surface area contributed by atoms with Gasteiger partial charge in [0, 0.05) is 18.3 Å². The topological polar surface area (TPSA) is 63.6 Å². The van der Waals surface area contributed by atoms with E-state index in [9.17, 15) is 14.7 Å². The van der Waals surface area contributed by atoms with Gasteiger partial charge in [-0.25, -0.2) is 0 Å². The number of fused-ring (bicyclic) bond motifs is 5. The first-order chi connectivity index (χ1) is 15.4. The molecule has 0 aromatic rings. The first-order valence-corrected chi connectivity index (χ1v) is 13.5. The van der Waals surface area contributed by atoms with Crippen LogP contribution in [0.25, 0.3) is 0 Å². The van der Waals surface area contributed by atoms with E-state index in [1.165, 1.54) is 0 Å². The van der Waals surface area contributed by atoms with E-state index < -0.39 is 5.41 Å². The lowest BCUT2D eigenvalue weighted by molar-refractivity contribution is -0.163. The zero-order valence-electron chi connectivity index (χ0n) is 21.7. The lowest BCUT2D eigenvalue weighted by Crippen LogP contribution is -2.58. The van der Waals surface area contributed by atoms with Gasteiger partial charge in [-0.05, 0) is 74.0 Å². The van der Waals surface area contributed by atoms with Crippen LogP contribution in [0.15, 0.2) is 11.1 Å². The van der Waals surface area contributed by atoms with Gasteiger partial charge in [-0.1, -0.05) is 52.7 Å². The molecular formula is C29H44O4. The Kier molecular flexibility index (Phi) is 5.22. The van der Waals surface area contributed by atoms with Crippen molar-refractivity contribution in [3.63, 3.8) is 0 Å². The van der Waals surface area contributed by atoms with E-state index in [1.807, 2.05) is 13.8 Å².